The van der Waals surface area contributed by atoms with Crippen LogP contribution in [0.15, 0.2) is 47.5 Å². The molecule has 0 radical (unpaired) electrons. The summed E-state index contributed by atoms with van der Waals surface area (Å²) < 4.78 is 16.0. The van der Waals surface area contributed by atoms with E-state index in [0.717, 1.165) is 10.9 Å². The quantitative estimate of drug-likeness (QED) is 0.487. The van der Waals surface area contributed by atoms with Crippen LogP contribution in [0.2, 0.25) is 0 Å². The number of benzene rings is 2. The maximum Gasteiger partial charge on any atom is 0.349 e. The molecule has 0 spiro atoms. The number of aromatic nitrogens is 1. The summed E-state index contributed by atoms with van der Waals surface area (Å²) in [7, 11) is 1.30. The molecule has 1 aromatic heterocycles. The zero-order valence-corrected chi connectivity index (χ0v) is 17.3. The van der Waals surface area contributed by atoms with E-state index < -0.39 is 23.6 Å². The number of hydrogen-bond donors (Lipinski definition) is 0. The number of nitrogens with zero attached hydrogens (tertiary/aromatic N) is 2. The third kappa shape index (κ3) is 3.83. The van der Waals surface area contributed by atoms with E-state index in [1.165, 1.54) is 7.11 Å². The van der Waals surface area contributed by atoms with Crippen LogP contribution < -0.4 is 0 Å². The van der Waals surface area contributed by atoms with Crippen molar-refractivity contribution in [2.45, 2.75) is 32.5 Å². The highest BCUT2D eigenvalue weighted by molar-refractivity contribution is 6.10. The number of fused-ring (bicyclic) bond motifs is 2. The van der Waals surface area contributed by atoms with Crippen LogP contribution in [0.3, 0.4) is 0 Å². The zero-order chi connectivity index (χ0) is 21.5. The maximum atomic E-state index is 13.0. The molecule has 0 aliphatic carbocycles. The summed E-state index contributed by atoms with van der Waals surface area (Å²) in [6, 6.07) is 13.1. The molecular formula is C23H22N2O5. The first-order valence-corrected chi connectivity index (χ1v) is 9.61. The van der Waals surface area contributed by atoms with Gasteiger partial charge in [-0.25, -0.2) is 19.6 Å². The first-order valence-electron chi connectivity index (χ1n) is 9.61. The molecule has 1 aliphatic heterocycles. The van der Waals surface area contributed by atoms with Gasteiger partial charge in [-0.15, -0.1) is 0 Å². The number of aliphatic imine (C=N–C) groups is 1. The first kappa shape index (κ1) is 19.8. The summed E-state index contributed by atoms with van der Waals surface area (Å²) in [5, 5.41) is 1.59. The van der Waals surface area contributed by atoms with Gasteiger partial charge in [0, 0.05) is 16.3 Å². The van der Waals surface area contributed by atoms with Crippen molar-refractivity contribution in [3.05, 3.63) is 53.6 Å². The Morgan fingerprint density at radius 1 is 1.10 bits per heavy atom. The number of ether oxygens (including phenoxy) is 3. The largest absolute Gasteiger partial charge is 0.466 e. The lowest BCUT2D eigenvalue weighted by molar-refractivity contribution is -0.148. The van der Waals surface area contributed by atoms with Crippen molar-refractivity contribution >= 4 is 39.6 Å². The SMILES string of the molecule is COC(=O)C1CN=C(c2cc(C(=O)OC(C)(C)C)c3cc4ccccc4nc3c2)O1. The molecule has 3 aromatic rings. The molecule has 1 unspecified atom stereocenters. The molecule has 0 saturated carbocycles. The van der Waals surface area contributed by atoms with Crippen LogP contribution in [0.1, 0.15) is 36.7 Å². The molecule has 154 valence electrons. The van der Waals surface area contributed by atoms with Gasteiger partial charge in [0.25, 0.3) is 0 Å². The molecule has 0 amide bonds. The number of esters is 2. The lowest BCUT2D eigenvalue weighted by Gasteiger charge is -2.20. The van der Waals surface area contributed by atoms with E-state index in [1.807, 2.05) is 51.1 Å². The van der Waals surface area contributed by atoms with Gasteiger partial charge in [0.1, 0.15) is 5.60 Å². The van der Waals surface area contributed by atoms with Gasteiger partial charge in [0.2, 0.25) is 12.0 Å². The predicted octanol–water partition coefficient (Wildman–Crippen LogP) is 3.66. The number of methoxy groups -OCH3 is 1. The van der Waals surface area contributed by atoms with Crippen LogP contribution in [-0.4, -0.2) is 48.2 Å². The van der Waals surface area contributed by atoms with Gasteiger partial charge in [-0.2, -0.15) is 0 Å². The molecule has 30 heavy (non-hydrogen) atoms. The van der Waals surface area contributed by atoms with Crippen molar-refractivity contribution < 1.29 is 23.8 Å². The van der Waals surface area contributed by atoms with Crippen molar-refractivity contribution in [2.24, 2.45) is 4.99 Å². The smallest absolute Gasteiger partial charge is 0.349 e. The van der Waals surface area contributed by atoms with Crippen molar-refractivity contribution in [3.63, 3.8) is 0 Å². The summed E-state index contributed by atoms with van der Waals surface area (Å²) in [5.74, 6) is -0.687. The Kier molecular flexibility index (Phi) is 4.89. The molecule has 1 aliphatic rings. The molecular weight excluding hydrogens is 384 g/mol. The topological polar surface area (TPSA) is 87.1 Å². The van der Waals surface area contributed by atoms with E-state index in [4.69, 9.17) is 19.2 Å². The zero-order valence-electron chi connectivity index (χ0n) is 17.3. The maximum absolute atomic E-state index is 13.0. The summed E-state index contributed by atoms with van der Waals surface area (Å²) in [5.41, 5.74) is 1.68. The van der Waals surface area contributed by atoms with Crippen molar-refractivity contribution in [1.29, 1.82) is 0 Å². The molecule has 7 nitrogen and oxygen atoms in total. The highest BCUT2D eigenvalue weighted by Crippen LogP contribution is 2.28. The van der Waals surface area contributed by atoms with Gasteiger partial charge in [-0.05, 0) is 45.0 Å². The van der Waals surface area contributed by atoms with Crippen LogP contribution in [0.5, 0.6) is 0 Å². The summed E-state index contributed by atoms with van der Waals surface area (Å²) in [6.07, 6.45) is -0.796. The van der Waals surface area contributed by atoms with Crippen LogP contribution in [0.4, 0.5) is 0 Å². The van der Waals surface area contributed by atoms with Crippen molar-refractivity contribution in [3.8, 4) is 0 Å². The monoisotopic (exact) mass is 406 g/mol. The third-order valence-electron chi connectivity index (χ3n) is 4.62. The first-order chi connectivity index (χ1) is 14.2. The molecule has 4 rings (SSSR count). The van der Waals surface area contributed by atoms with Gasteiger partial charge in [-0.1, -0.05) is 18.2 Å². The highest BCUT2D eigenvalue weighted by atomic mass is 16.6. The van der Waals surface area contributed by atoms with E-state index in [-0.39, 0.29) is 12.4 Å². The van der Waals surface area contributed by atoms with Crippen molar-refractivity contribution in [1.82, 2.24) is 4.98 Å². The number of carbonyl (C=O) groups excluding carboxylic acids is 2. The van der Waals surface area contributed by atoms with E-state index in [9.17, 15) is 9.59 Å². The molecule has 0 fully saturated rings. The average molecular weight is 406 g/mol. The van der Waals surface area contributed by atoms with Gasteiger partial charge in [0.05, 0.1) is 30.3 Å². The average Bonchev–Trinajstić information content (AvgIpc) is 3.19. The second-order valence-corrected chi connectivity index (χ2v) is 8.05. The standard InChI is InChI=1S/C23H22N2O5/c1-23(2,3)30-21(26)16-10-14(20-24-12-19(29-20)22(27)28-4)11-18-15(16)9-13-7-5-6-8-17(13)25-18/h5-11,19H,12H2,1-4H3. The minimum absolute atomic E-state index is 0.160. The van der Waals surface area contributed by atoms with Gasteiger partial charge >= 0.3 is 11.9 Å². The van der Waals surface area contributed by atoms with Gasteiger partial charge in [0.15, 0.2) is 0 Å². The number of pyridine rings is 1. The van der Waals surface area contributed by atoms with E-state index >= 15 is 0 Å². The summed E-state index contributed by atoms with van der Waals surface area (Å²) >= 11 is 0. The highest BCUT2D eigenvalue weighted by Gasteiger charge is 2.30. The van der Waals surface area contributed by atoms with E-state index in [0.29, 0.717) is 22.0 Å². The number of hydrogen-bond acceptors (Lipinski definition) is 7. The fourth-order valence-electron chi connectivity index (χ4n) is 3.29. The Morgan fingerprint density at radius 3 is 2.60 bits per heavy atom. The fraction of sp³-hybridized carbons (Fsp3) is 0.304. The minimum atomic E-state index is -0.796. The predicted molar refractivity (Wildman–Crippen MR) is 113 cm³/mol. The molecule has 0 N–H and O–H groups in total. The van der Waals surface area contributed by atoms with Crippen LogP contribution in [0.25, 0.3) is 21.8 Å². The van der Waals surface area contributed by atoms with E-state index in [2.05, 4.69) is 4.99 Å². The van der Waals surface area contributed by atoms with Gasteiger partial charge < -0.3 is 14.2 Å². The number of rotatable bonds is 3. The molecule has 7 heteroatoms. The number of carbonyl (C=O) groups is 2. The van der Waals surface area contributed by atoms with Crippen molar-refractivity contribution in [2.75, 3.05) is 13.7 Å². The van der Waals surface area contributed by atoms with Crippen LogP contribution in [0, 0.1) is 0 Å². The second-order valence-electron chi connectivity index (χ2n) is 8.05. The summed E-state index contributed by atoms with van der Waals surface area (Å²) in [6.45, 7) is 5.61. The molecule has 2 heterocycles. The van der Waals surface area contributed by atoms with E-state index in [1.54, 1.807) is 12.1 Å². The molecule has 1 atom stereocenters. The Bertz CT molecular complexity index is 1190. The summed E-state index contributed by atoms with van der Waals surface area (Å²) in [4.78, 5) is 33.8. The minimum Gasteiger partial charge on any atom is -0.466 e. The normalized spacial score (nSPS) is 16.3. The third-order valence-corrected chi connectivity index (χ3v) is 4.62. The number of para-hydroxylation sites is 1. The Hall–Kier alpha value is -3.48. The van der Waals surface area contributed by atoms with Gasteiger partial charge in [-0.3, -0.25) is 0 Å². The fourth-order valence-corrected chi connectivity index (χ4v) is 3.29. The Balaban J connectivity index is 1.85. The molecule has 2 aromatic carbocycles. The second kappa shape index (κ2) is 7.40. The lowest BCUT2D eigenvalue weighted by Crippen LogP contribution is -2.26. The molecule has 0 saturated heterocycles. The van der Waals surface area contributed by atoms with Crippen LogP contribution >= 0.6 is 0 Å². The lowest BCUT2D eigenvalue weighted by atomic mass is 10.0. The van der Waals surface area contributed by atoms with Crippen LogP contribution in [-0.2, 0) is 19.0 Å². The Morgan fingerprint density at radius 2 is 1.87 bits per heavy atom. The Labute approximate surface area is 173 Å². The molecule has 0 bridgehead atoms.